The Morgan fingerprint density at radius 2 is 2.24 bits per heavy atom. The average molecular weight is 286 g/mol. The summed E-state index contributed by atoms with van der Waals surface area (Å²) in [5, 5.41) is 3.41. The molecule has 3 heterocycles. The minimum Gasteiger partial charge on any atom is -0.481 e. The van der Waals surface area contributed by atoms with Crippen molar-refractivity contribution in [2.75, 3.05) is 30.4 Å². The zero-order valence-corrected chi connectivity index (χ0v) is 12.2. The van der Waals surface area contributed by atoms with Crippen molar-refractivity contribution >= 4 is 11.6 Å². The highest BCUT2D eigenvalue weighted by atomic mass is 16.5. The first-order valence-electron chi connectivity index (χ1n) is 6.91. The van der Waals surface area contributed by atoms with E-state index in [-0.39, 0.29) is 0 Å². The lowest BCUT2D eigenvalue weighted by atomic mass is 10.2. The molecule has 1 aliphatic rings. The summed E-state index contributed by atoms with van der Waals surface area (Å²) in [5.74, 6) is 2.27. The summed E-state index contributed by atoms with van der Waals surface area (Å²) in [6.07, 6.45) is 6.10. The molecule has 3 rings (SSSR count). The Hall–Kier alpha value is -2.44. The molecule has 0 amide bonds. The monoisotopic (exact) mass is 286 g/mol. The van der Waals surface area contributed by atoms with E-state index < -0.39 is 0 Å². The van der Waals surface area contributed by atoms with E-state index in [0.717, 1.165) is 36.8 Å². The van der Waals surface area contributed by atoms with Crippen molar-refractivity contribution < 1.29 is 4.74 Å². The maximum atomic E-state index is 5.10. The predicted octanol–water partition coefficient (Wildman–Crippen LogP) is 1.27. The highest BCUT2D eigenvalue weighted by Gasteiger charge is 2.24. The first-order chi connectivity index (χ1) is 10.2. The van der Waals surface area contributed by atoms with Gasteiger partial charge in [-0.15, -0.1) is 0 Å². The number of aryl methyl sites for hydroxylation is 1. The van der Waals surface area contributed by atoms with Crippen LogP contribution in [0.3, 0.4) is 0 Å². The molecule has 2 aromatic rings. The zero-order chi connectivity index (χ0) is 14.7. The molecule has 7 nitrogen and oxygen atoms in total. The van der Waals surface area contributed by atoms with Crippen molar-refractivity contribution in [3.63, 3.8) is 0 Å². The second-order valence-corrected chi connectivity index (χ2v) is 5.04. The fourth-order valence-electron chi connectivity index (χ4n) is 2.43. The van der Waals surface area contributed by atoms with Crippen molar-refractivity contribution in [3.05, 3.63) is 30.5 Å². The average Bonchev–Trinajstić information content (AvgIpc) is 2.96. The normalized spacial score (nSPS) is 17.8. The van der Waals surface area contributed by atoms with Gasteiger partial charge >= 0.3 is 0 Å². The Morgan fingerprint density at radius 3 is 3.05 bits per heavy atom. The Bertz CT molecular complexity index is 620. The van der Waals surface area contributed by atoms with Crippen LogP contribution < -0.4 is 15.0 Å². The molecule has 21 heavy (non-hydrogen) atoms. The summed E-state index contributed by atoms with van der Waals surface area (Å²) in [5.41, 5.74) is 0.935. The van der Waals surface area contributed by atoms with E-state index in [2.05, 4.69) is 30.2 Å². The molecule has 1 fully saturated rings. The number of rotatable bonds is 4. The van der Waals surface area contributed by atoms with Crippen LogP contribution in [-0.2, 0) is 0 Å². The minimum absolute atomic E-state index is 0.326. The van der Waals surface area contributed by atoms with Gasteiger partial charge in [0.05, 0.1) is 19.0 Å². The van der Waals surface area contributed by atoms with E-state index in [1.807, 2.05) is 13.1 Å². The first-order valence-corrected chi connectivity index (χ1v) is 6.91. The molecule has 1 unspecified atom stereocenters. The highest BCUT2D eigenvalue weighted by molar-refractivity contribution is 5.43. The van der Waals surface area contributed by atoms with Crippen molar-refractivity contribution in [1.29, 1.82) is 0 Å². The Morgan fingerprint density at radius 1 is 1.33 bits per heavy atom. The third-order valence-corrected chi connectivity index (χ3v) is 3.46. The SMILES string of the molecule is COc1cc(NC2CCN(c3cncc(C)n3)C2)ncn1. The molecular formula is C14H18N6O. The maximum absolute atomic E-state index is 5.10. The van der Waals surface area contributed by atoms with Gasteiger partial charge in [0.2, 0.25) is 5.88 Å². The van der Waals surface area contributed by atoms with Crippen molar-refractivity contribution in [2.24, 2.45) is 0 Å². The maximum Gasteiger partial charge on any atom is 0.218 e. The zero-order valence-electron chi connectivity index (χ0n) is 12.2. The van der Waals surface area contributed by atoms with Crippen LogP contribution in [0.2, 0.25) is 0 Å². The van der Waals surface area contributed by atoms with Crippen LogP contribution in [0.25, 0.3) is 0 Å². The molecule has 2 aromatic heterocycles. The second-order valence-electron chi connectivity index (χ2n) is 5.04. The van der Waals surface area contributed by atoms with Crippen LogP contribution >= 0.6 is 0 Å². The lowest BCUT2D eigenvalue weighted by molar-refractivity contribution is 0.397. The lowest BCUT2D eigenvalue weighted by Gasteiger charge is -2.18. The van der Waals surface area contributed by atoms with Gasteiger partial charge in [0.1, 0.15) is 18.0 Å². The van der Waals surface area contributed by atoms with Gasteiger partial charge in [-0.1, -0.05) is 0 Å². The van der Waals surface area contributed by atoms with Crippen LogP contribution in [0.15, 0.2) is 24.8 Å². The van der Waals surface area contributed by atoms with Crippen molar-refractivity contribution in [2.45, 2.75) is 19.4 Å². The van der Waals surface area contributed by atoms with E-state index >= 15 is 0 Å². The molecule has 7 heteroatoms. The molecule has 1 N–H and O–H groups in total. The van der Waals surface area contributed by atoms with Crippen LogP contribution in [0, 0.1) is 6.92 Å². The van der Waals surface area contributed by atoms with E-state index in [4.69, 9.17) is 4.74 Å². The van der Waals surface area contributed by atoms with E-state index in [1.54, 1.807) is 19.4 Å². The molecule has 0 radical (unpaired) electrons. The molecule has 0 spiro atoms. The molecule has 1 aliphatic heterocycles. The van der Waals surface area contributed by atoms with Gasteiger partial charge in [0.25, 0.3) is 0 Å². The Balaban J connectivity index is 1.64. The number of nitrogens with one attached hydrogen (secondary N) is 1. The number of anilines is 2. The standard InChI is InChI=1S/C14H18N6O/c1-10-6-15-7-13(18-10)20-4-3-11(8-20)19-12-5-14(21-2)17-9-16-12/h5-7,9,11H,3-4,8H2,1-2H3,(H,16,17,19). The molecule has 0 bridgehead atoms. The van der Waals surface area contributed by atoms with Gasteiger partial charge in [0, 0.05) is 31.4 Å². The quantitative estimate of drug-likeness (QED) is 0.907. The third kappa shape index (κ3) is 3.18. The highest BCUT2D eigenvalue weighted by Crippen LogP contribution is 2.20. The molecule has 110 valence electrons. The van der Waals surface area contributed by atoms with Gasteiger partial charge in [-0.2, -0.15) is 0 Å². The predicted molar refractivity (Wildman–Crippen MR) is 79.6 cm³/mol. The smallest absolute Gasteiger partial charge is 0.218 e. The van der Waals surface area contributed by atoms with Crippen LogP contribution in [-0.4, -0.2) is 46.2 Å². The first kappa shape index (κ1) is 13.5. The van der Waals surface area contributed by atoms with Gasteiger partial charge in [-0.25, -0.2) is 15.0 Å². The number of aromatic nitrogens is 4. The molecule has 0 aliphatic carbocycles. The molecule has 0 saturated carbocycles. The third-order valence-electron chi connectivity index (χ3n) is 3.46. The molecular weight excluding hydrogens is 268 g/mol. The summed E-state index contributed by atoms with van der Waals surface area (Å²) < 4.78 is 5.10. The van der Waals surface area contributed by atoms with E-state index in [9.17, 15) is 0 Å². The minimum atomic E-state index is 0.326. The molecule has 0 aromatic carbocycles. The lowest BCUT2D eigenvalue weighted by Crippen LogP contribution is -2.27. The number of methoxy groups -OCH3 is 1. The molecule has 1 saturated heterocycles. The summed E-state index contributed by atoms with van der Waals surface area (Å²) in [4.78, 5) is 19.2. The van der Waals surface area contributed by atoms with Crippen molar-refractivity contribution in [1.82, 2.24) is 19.9 Å². The molecule has 1 atom stereocenters. The fraction of sp³-hybridized carbons (Fsp3) is 0.429. The van der Waals surface area contributed by atoms with Gasteiger partial charge < -0.3 is 15.0 Å². The van der Waals surface area contributed by atoms with Crippen LogP contribution in [0.4, 0.5) is 11.6 Å². The van der Waals surface area contributed by atoms with Gasteiger partial charge in [-0.05, 0) is 13.3 Å². The van der Waals surface area contributed by atoms with Crippen LogP contribution in [0.5, 0.6) is 5.88 Å². The number of ether oxygens (including phenoxy) is 1. The van der Waals surface area contributed by atoms with Gasteiger partial charge in [0.15, 0.2) is 0 Å². The van der Waals surface area contributed by atoms with Gasteiger partial charge in [-0.3, -0.25) is 4.98 Å². The summed E-state index contributed by atoms with van der Waals surface area (Å²) >= 11 is 0. The van der Waals surface area contributed by atoms with Crippen molar-refractivity contribution in [3.8, 4) is 5.88 Å². The fourth-order valence-corrected chi connectivity index (χ4v) is 2.43. The number of nitrogens with zero attached hydrogens (tertiary/aromatic N) is 5. The van der Waals surface area contributed by atoms with Crippen LogP contribution in [0.1, 0.15) is 12.1 Å². The number of hydrogen-bond acceptors (Lipinski definition) is 7. The summed E-state index contributed by atoms with van der Waals surface area (Å²) in [7, 11) is 1.60. The summed E-state index contributed by atoms with van der Waals surface area (Å²) in [6, 6.07) is 2.13. The van der Waals surface area contributed by atoms with E-state index in [1.165, 1.54) is 6.33 Å². The number of hydrogen-bond donors (Lipinski definition) is 1. The Labute approximate surface area is 123 Å². The Kier molecular flexibility index (Phi) is 3.81. The second kappa shape index (κ2) is 5.90. The summed E-state index contributed by atoms with van der Waals surface area (Å²) in [6.45, 7) is 3.79. The van der Waals surface area contributed by atoms with E-state index in [0.29, 0.717) is 11.9 Å². The largest absolute Gasteiger partial charge is 0.481 e. The topological polar surface area (TPSA) is 76.1 Å².